The molecule has 0 heterocycles. The van der Waals surface area contributed by atoms with Crippen LogP contribution in [0.15, 0.2) is 0 Å². The second-order valence-electron chi connectivity index (χ2n) is 13.6. The van der Waals surface area contributed by atoms with E-state index in [1.165, 1.54) is 25.7 Å². The van der Waals surface area contributed by atoms with E-state index in [9.17, 15) is 15.3 Å². The number of aliphatic hydroxyl groups is 3. The van der Waals surface area contributed by atoms with Crippen LogP contribution in [0.3, 0.4) is 0 Å². The molecule has 4 unspecified atom stereocenters. The van der Waals surface area contributed by atoms with E-state index < -0.39 is 0 Å². The van der Waals surface area contributed by atoms with E-state index in [0.717, 1.165) is 32.1 Å². The smallest absolute Gasteiger partial charge is 0.0636 e. The first-order valence-electron chi connectivity index (χ1n) is 12.9. The second kappa shape index (κ2) is 7.73. The van der Waals surface area contributed by atoms with Gasteiger partial charge in [-0.1, -0.05) is 41.5 Å². The van der Waals surface area contributed by atoms with Crippen molar-refractivity contribution < 1.29 is 15.3 Å². The Morgan fingerprint density at radius 1 is 0.933 bits per heavy atom. The Morgan fingerprint density at radius 3 is 2.30 bits per heavy atom. The zero-order chi connectivity index (χ0) is 22.1. The van der Waals surface area contributed by atoms with E-state index >= 15 is 0 Å². The predicted octanol–water partition coefficient (Wildman–Crippen LogP) is 5.41. The fourth-order valence-electron chi connectivity index (χ4n) is 8.91. The molecule has 0 amide bonds. The van der Waals surface area contributed by atoms with Gasteiger partial charge in [0.05, 0.1) is 18.3 Å². The highest BCUT2D eigenvalue weighted by Gasteiger charge is 2.65. The topological polar surface area (TPSA) is 60.7 Å². The molecule has 0 aromatic heterocycles. The van der Waals surface area contributed by atoms with Crippen LogP contribution in [-0.4, -0.2) is 33.6 Å². The summed E-state index contributed by atoms with van der Waals surface area (Å²) in [5.41, 5.74) is 0.387. The van der Waals surface area contributed by atoms with Gasteiger partial charge < -0.3 is 15.3 Å². The molecule has 0 spiro atoms. The number of fused-ring (bicyclic) bond motifs is 4. The Morgan fingerprint density at radius 2 is 1.63 bits per heavy atom. The van der Waals surface area contributed by atoms with Crippen molar-refractivity contribution in [3.63, 3.8) is 0 Å². The lowest BCUT2D eigenvalue weighted by atomic mass is 9.43. The molecule has 3 heteroatoms. The summed E-state index contributed by atoms with van der Waals surface area (Å²) in [6.45, 7) is 14.2. The molecule has 4 aliphatic rings. The molecule has 4 saturated carbocycles. The SMILES string of the molecule is C[C@H](CCC(C)(C)C)[C@H]1CCC2CC3C([C@H](O)[C@@]21C)[C@@]1(C)CC[C@@H](O)CC1C[C@H]3O. The zero-order valence-corrected chi connectivity index (χ0v) is 20.4. The highest BCUT2D eigenvalue weighted by atomic mass is 16.3. The van der Waals surface area contributed by atoms with Crippen LogP contribution in [0, 0.1) is 51.8 Å². The van der Waals surface area contributed by atoms with Crippen LogP contribution in [-0.2, 0) is 0 Å². The fourth-order valence-corrected chi connectivity index (χ4v) is 8.91. The van der Waals surface area contributed by atoms with Crippen LogP contribution < -0.4 is 0 Å². The summed E-state index contributed by atoms with van der Waals surface area (Å²) < 4.78 is 0. The maximum atomic E-state index is 12.1. The van der Waals surface area contributed by atoms with Gasteiger partial charge in [0.1, 0.15) is 0 Å². The molecule has 3 N–H and O–H groups in total. The summed E-state index contributed by atoms with van der Waals surface area (Å²) in [6.07, 6.45) is 8.61. The Bertz CT molecular complexity index is 626. The van der Waals surface area contributed by atoms with Crippen molar-refractivity contribution in [3.8, 4) is 0 Å². The van der Waals surface area contributed by atoms with Crippen LogP contribution in [0.4, 0.5) is 0 Å². The maximum absolute atomic E-state index is 12.1. The van der Waals surface area contributed by atoms with Gasteiger partial charge in [0, 0.05) is 0 Å². The summed E-state index contributed by atoms with van der Waals surface area (Å²) >= 11 is 0. The molecule has 0 bridgehead atoms. The van der Waals surface area contributed by atoms with Gasteiger partial charge in [-0.05, 0) is 110 Å². The summed E-state index contributed by atoms with van der Waals surface area (Å²) in [4.78, 5) is 0. The second-order valence-corrected chi connectivity index (χ2v) is 13.6. The quantitative estimate of drug-likeness (QED) is 0.572. The van der Waals surface area contributed by atoms with Gasteiger partial charge >= 0.3 is 0 Å². The van der Waals surface area contributed by atoms with Crippen molar-refractivity contribution >= 4 is 0 Å². The van der Waals surface area contributed by atoms with E-state index in [1.54, 1.807) is 0 Å². The molecule has 30 heavy (non-hydrogen) atoms. The van der Waals surface area contributed by atoms with Gasteiger partial charge in [-0.3, -0.25) is 0 Å². The fraction of sp³-hybridized carbons (Fsp3) is 1.00. The average molecular weight is 421 g/mol. The normalized spacial score (nSPS) is 52.3. The van der Waals surface area contributed by atoms with Gasteiger partial charge in [0.2, 0.25) is 0 Å². The van der Waals surface area contributed by atoms with E-state index in [1.807, 2.05) is 0 Å². The Kier molecular flexibility index (Phi) is 5.94. The minimum Gasteiger partial charge on any atom is -0.393 e. The van der Waals surface area contributed by atoms with Crippen LogP contribution in [0.1, 0.15) is 99.3 Å². The molecule has 0 saturated heterocycles. The lowest BCUT2D eigenvalue weighted by Gasteiger charge is -2.64. The lowest BCUT2D eigenvalue weighted by molar-refractivity contribution is -0.222. The number of rotatable bonds is 3. The first-order chi connectivity index (χ1) is 13.9. The summed E-state index contributed by atoms with van der Waals surface area (Å²) in [6, 6.07) is 0. The van der Waals surface area contributed by atoms with Gasteiger partial charge in [0.15, 0.2) is 0 Å². The van der Waals surface area contributed by atoms with Crippen LogP contribution in [0.5, 0.6) is 0 Å². The van der Waals surface area contributed by atoms with Crippen molar-refractivity contribution in [1.29, 1.82) is 0 Å². The molecule has 0 aromatic rings. The average Bonchev–Trinajstić information content (AvgIpc) is 2.99. The molecule has 3 nitrogen and oxygen atoms in total. The van der Waals surface area contributed by atoms with Gasteiger partial charge in [-0.2, -0.15) is 0 Å². The molecule has 4 rings (SSSR count). The van der Waals surface area contributed by atoms with Crippen molar-refractivity contribution in [2.24, 2.45) is 51.8 Å². The predicted molar refractivity (Wildman–Crippen MR) is 122 cm³/mol. The summed E-state index contributed by atoms with van der Waals surface area (Å²) in [5.74, 6) is 2.51. The number of hydrogen-bond acceptors (Lipinski definition) is 3. The Balaban J connectivity index is 1.62. The van der Waals surface area contributed by atoms with E-state index in [-0.39, 0.29) is 41.0 Å². The Hall–Kier alpha value is -0.120. The maximum Gasteiger partial charge on any atom is 0.0636 e. The Labute approximate surface area is 185 Å². The highest BCUT2D eigenvalue weighted by molar-refractivity contribution is 5.14. The third-order valence-electron chi connectivity index (χ3n) is 10.8. The monoisotopic (exact) mass is 420 g/mol. The van der Waals surface area contributed by atoms with Crippen molar-refractivity contribution in [2.45, 2.75) is 118 Å². The molecule has 174 valence electrons. The third-order valence-corrected chi connectivity index (χ3v) is 10.8. The van der Waals surface area contributed by atoms with E-state index in [2.05, 4.69) is 41.5 Å². The molecule has 0 radical (unpaired) electrons. The summed E-state index contributed by atoms with van der Waals surface area (Å²) in [7, 11) is 0. The van der Waals surface area contributed by atoms with Crippen LogP contribution in [0.2, 0.25) is 0 Å². The lowest BCUT2D eigenvalue weighted by Crippen LogP contribution is -2.64. The minimum absolute atomic E-state index is 0.0286. The zero-order valence-electron chi connectivity index (χ0n) is 20.4. The molecular weight excluding hydrogens is 372 g/mol. The first-order valence-corrected chi connectivity index (χ1v) is 12.9. The number of aliphatic hydroxyl groups excluding tert-OH is 3. The third kappa shape index (κ3) is 3.59. The van der Waals surface area contributed by atoms with Crippen molar-refractivity contribution in [1.82, 2.24) is 0 Å². The van der Waals surface area contributed by atoms with Crippen LogP contribution >= 0.6 is 0 Å². The van der Waals surface area contributed by atoms with Gasteiger partial charge in [-0.15, -0.1) is 0 Å². The molecule has 4 aliphatic carbocycles. The summed E-state index contributed by atoms with van der Waals surface area (Å²) in [5, 5.41) is 33.5. The van der Waals surface area contributed by atoms with Crippen molar-refractivity contribution in [3.05, 3.63) is 0 Å². The van der Waals surface area contributed by atoms with Gasteiger partial charge in [0.25, 0.3) is 0 Å². The first kappa shape index (κ1) is 23.1. The molecule has 4 fully saturated rings. The van der Waals surface area contributed by atoms with Crippen LogP contribution in [0.25, 0.3) is 0 Å². The highest BCUT2D eigenvalue weighted by Crippen LogP contribution is 2.67. The largest absolute Gasteiger partial charge is 0.393 e. The standard InChI is InChI=1S/C27H48O3/c1-16(9-11-25(2,3)4)21-8-7-17-14-20-22(29)15-18-13-19(28)10-12-26(18,5)23(20)24(30)27(17,21)6/h16-24,28-30H,7-15H2,1-6H3/t16-,17?,18?,19-,20?,21-,22-,23?,24+,26+,27+/m1/s1. The molecule has 0 aliphatic heterocycles. The van der Waals surface area contributed by atoms with E-state index in [0.29, 0.717) is 29.1 Å². The van der Waals surface area contributed by atoms with Gasteiger partial charge in [-0.25, -0.2) is 0 Å². The molecule has 0 aromatic carbocycles. The van der Waals surface area contributed by atoms with Crippen molar-refractivity contribution in [2.75, 3.05) is 0 Å². The van der Waals surface area contributed by atoms with E-state index in [4.69, 9.17) is 0 Å². The molecular formula is C27H48O3. The molecule has 11 atom stereocenters. The number of hydrogen-bond donors (Lipinski definition) is 3. The minimum atomic E-state index is -0.330.